The molecule has 2 aromatic rings. The Labute approximate surface area is 87.5 Å². The van der Waals surface area contributed by atoms with Gasteiger partial charge in [0.05, 0.1) is 5.39 Å². The van der Waals surface area contributed by atoms with Crippen LogP contribution in [0.25, 0.3) is 11.0 Å². The van der Waals surface area contributed by atoms with Crippen LogP contribution in [-0.4, -0.2) is 15.2 Å². The summed E-state index contributed by atoms with van der Waals surface area (Å²) in [5, 5.41) is 8.19. The molecule has 2 aromatic heterocycles. The lowest BCUT2D eigenvalue weighted by molar-refractivity contribution is 0.595. The van der Waals surface area contributed by atoms with Crippen LogP contribution in [0.4, 0.5) is 0 Å². The van der Waals surface area contributed by atoms with Crippen molar-refractivity contribution in [3.8, 4) is 0 Å². The highest BCUT2D eigenvalue weighted by atomic mass is 35.5. The van der Waals surface area contributed by atoms with Crippen molar-refractivity contribution in [3.63, 3.8) is 0 Å². The molecule has 0 saturated carbocycles. The van der Waals surface area contributed by atoms with E-state index in [9.17, 15) is 0 Å². The molecule has 0 saturated heterocycles. The number of H-pyrrole nitrogens is 1. The zero-order valence-corrected chi connectivity index (χ0v) is 9.18. The van der Waals surface area contributed by atoms with Gasteiger partial charge in [-0.05, 0) is 17.0 Å². The first-order chi connectivity index (χ1) is 6.50. The Kier molecular flexibility index (Phi) is 2.00. The maximum absolute atomic E-state index is 6.00. The fourth-order valence-corrected chi connectivity index (χ4v) is 1.77. The SMILES string of the molecule is CC(C)(C)c1ccnc2[nH]nc(Cl)c12. The standard InChI is InChI=1S/C10H12ClN3/c1-10(2,3)6-4-5-12-9-7(6)8(11)13-14-9/h4-5H,1-3H3,(H,12,13,14). The van der Waals surface area contributed by atoms with Crippen molar-refractivity contribution in [1.82, 2.24) is 15.2 Å². The predicted octanol–water partition coefficient (Wildman–Crippen LogP) is 2.91. The summed E-state index contributed by atoms with van der Waals surface area (Å²) < 4.78 is 0. The van der Waals surface area contributed by atoms with Crippen molar-refractivity contribution in [1.29, 1.82) is 0 Å². The van der Waals surface area contributed by atoms with Gasteiger partial charge in [0.25, 0.3) is 0 Å². The minimum atomic E-state index is 0.0503. The summed E-state index contributed by atoms with van der Waals surface area (Å²) in [7, 11) is 0. The van der Waals surface area contributed by atoms with Crippen LogP contribution in [0.15, 0.2) is 12.3 Å². The van der Waals surface area contributed by atoms with Gasteiger partial charge in [0.1, 0.15) is 0 Å². The van der Waals surface area contributed by atoms with Crippen LogP contribution in [0.3, 0.4) is 0 Å². The predicted molar refractivity (Wildman–Crippen MR) is 57.6 cm³/mol. The van der Waals surface area contributed by atoms with Gasteiger partial charge in [-0.15, -0.1) is 0 Å². The van der Waals surface area contributed by atoms with Crippen molar-refractivity contribution in [2.45, 2.75) is 26.2 Å². The Hall–Kier alpha value is -1.09. The lowest BCUT2D eigenvalue weighted by Gasteiger charge is -2.19. The third-order valence-corrected chi connectivity index (χ3v) is 2.50. The number of hydrogen-bond donors (Lipinski definition) is 1. The number of aromatic amines is 1. The normalized spacial score (nSPS) is 12.3. The summed E-state index contributed by atoms with van der Waals surface area (Å²) in [6, 6.07) is 1.99. The molecule has 3 nitrogen and oxygen atoms in total. The smallest absolute Gasteiger partial charge is 0.160 e. The minimum absolute atomic E-state index is 0.0503. The maximum Gasteiger partial charge on any atom is 0.160 e. The first kappa shape index (κ1) is 9.46. The molecule has 0 fully saturated rings. The van der Waals surface area contributed by atoms with Crippen LogP contribution in [0.2, 0.25) is 5.15 Å². The van der Waals surface area contributed by atoms with Crippen LogP contribution in [0, 0.1) is 0 Å². The van der Waals surface area contributed by atoms with Crippen molar-refractivity contribution in [3.05, 3.63) is 23.0 Å². The van der Waals surface area contributed by atoms with Gasteiger partial charge in [0.15, 0.2) is 10.8 Å². The highest BCUT2D eigenvalue weighted by molar-refractivity contribution is 6.34. The van der Waals surface area contributed by atoms with E-state index in [1.165, 1.54) is 5.56 Å². The molecular formula is C10H12ClN3. The molecule has 0 unspecified atom stereocenters. The topological polar surface area (TPSA) is 41.6 Å². The van der Waals surface area contributed by atoms with E-state index in [0.29, 0.717) is 5.15 Å². The molecule has 0 aliphatic carbocycles. The van der Waals surface area contributed by atoms with Crippen LogP contribution < -0.4 is 0 Å². The Balaban J connectivity index is 2.82. The molecule has 0 aromatic carbocycles. The fourth-order valence-electron chi connectivity index (χ4n) is 1.54. The largest absolute Gasteiger partial charge is 0.259 e. The molecule has 0 bridgehead atoms. The molecule has 0 amide bonds. The molecule has 0 aliphatic heterocycles. The van der Waals surface area contributed by atoms with Gasteiger partial charge in [0, 0.05) is 6.20 Å². The average molecular weight is 210 g/mol. The summed E-state index contributed by atoms with van der Waals surface area (Å²) in [4.78, 5) is 4.17. The number of aromatic nitrogens is 3. The van der Waals surface area contributed by atoms with E-state index in [-0.39, 0.29) is 5.41 Å². The van der Waals surface area contributed by atoms with Crippen LogP contribution >= 0.6 is 11.6 Å². The number of hydrogen-bond acceptors (Lipinski definition) is 2. The van der Waals surface area contributed by atoms with Gasteiger partial charge in [-0.3, -0.25) is 5.10 Å². The highest BCUT2D eigenvalue weighted by Crippen LogP contribution is 2.31. The second kappa shape index (κ2) is 2.95. The Bertz CT molecular complexity index is 468. The maximum atomic E-state index is 6.00. The summed E-state index contributed by atoms with van der Waals surface area (Å²) in [6.45, 7) is 6.43. The summed E-state index contributed by atoms with van der Waals surface area (Å²) in [6.07, 6.45) is 1.78. The van der Waals surface area contributed by atoms with Gasteiger partial charge in [-0.25, -0.2) is 4.98 Å². The molecule has 0 spiro atoms. The zero-order valence-electron chi connectivity index (χ0n) is 8.43. The van der Waals surface area contributed by atoms with Gasteiger partial charge in [-0.2, -0.15) is 5.10 Å². The van der Waals surface area contributed by atoms with Crippen molar-refractivity contribution < 1.29 is 0 Å². The van der Waals surface area contributed by atoms with E-state index < -0.39 is 0 Å². The van der Waals surface area contributed by atoms with Gasteiger partial charge in [-0.1, -0.05) is 32.4 Å². The Morgan fingerprint density at radius 2 is 2.07 bits per heavy atom. The van der Waals surface area contributed by atoms with Gasteiger partial charge in [0.2, 0.25) is 0 Å². The number of nitrogens with one attached hydrogen (secondary N) is 1. The number of nitrogens with zero attached hydrogens (tertiary/aromatic N) is 2. The third kappa shape index (κ3) is 1.38. The number of pyridine rings is 1. The lowest BCUT2D eigenvalue weighted by atomic mass is 9.86. The zero-order chi connectivity index (χ0) is 10.3. The monoisotopic (exact) mass is 209 g/mol. The van der Waals surface area contributed by atoms with Gasteiger partial charge >= 0.3 is 0 Å². The Morgan fingerprint density at radius 3 is 2.71 bits per heavy atom. The Morgan fingerprint density at radius 1 is 1.36 bits per heavy atom. The number of fused-ring (bicyclic) bond motifs is 1. The second-order valence-corrected chi connectivity index (χ2v) is 4.70. The van der Waals surface area contributed by atoms with Crippen molar-refractivity contribution in [2.24, 2.45) is 0 Å². The summed E-state index contributed by atoms with van der Waals surface area (Å²) in [5.41, 5.74) is 1.97. The highest BCUT2D eigenvalue weighted by Gasteiger charge is 2.20. The molecular weight excluding hydrogens is 198 g/mol. The first-order valence-corrected chi connectivity index (χ1v) is 4.87. The summed E-state index contributed by atoms with van der Waals surface area (Å²) in [5.74, 6) is 0. The van der Waals surface area contributed by atoms with E-state index in [4.69, 9.17) is 11.6 Å². The first-order valence-electron chi connectivity index (χ1n) is 4.49. The van der Waals surface area contributed by atoms with Crippen LogP contribution in [-0.2, 0) is 5.41 Å². The minimum Gasteiger partial charge on any atom is -0.259 e. The van der Waals surface area contributed by atoms with E-state index in [1.807, 2.05) is 6.07 Å². The van der Waals surface area contributed by atoms with Crippen LogP contribution in [0.1, 0.15) is 26.3 Å². The van der Waals surface area contributed by atoms with Crippen molar-refractivity contribution >= 4 is 22.6 Å². The molecule has 0 aliphatic rings. The third-order valence-electron chi connectivity index (χ3n) is 2.23. The quantitative estimate of drug-likeness (QED) is 0.725. The average Bonchev–Trinajstić information content (AvgIpc) is 2.46. The summed E-state index contributed by atoms with van der Waals surface area (Å²) >= 11 is 6.00. The van der Waals surface area contributed by atoms with E-state index in [2.05, 4.69) is 36.0 Å². The molecule has 0 atom stereocenters. The molecule has 4 heteroatoms. The van der Waals surface area contributed by atoms with E-state index in [0.717, 1.165) is 11.0 Å². The van der Waals surface area contributed by atoms with Crippen LogP contribution in [0.5, 0.6) is 0 Å². The number of halogens is 1. The van der Waals surface area contributed by atoms with E-state index in [1.54, 1.807) is 6.20 Å². The molecule has 1 N–H and O–H groups in total. The van der Waals surface area contributed by atoms with E-state index >= 15 is 0 Å². The molecule has 14 heavy (non-hydrogen) atoms. The van der Waals surface area contributed by atoms with Gasteiger partial charge < -0.3 is 0 Å². The molecule has 74 valence electrons. The lowest BCUT2D eigenvalue weighted by Crippen LogP contribution is -2.11. The molecule has 2 rings (SSSR count). The fraction of sp³-hybridized carbons (Fsp3) is 0.400. The second-order valence-electron chi connectivity index (χ2n) is 4.35. The molecule has 0 radical (unpaired) electrons. The number of rotatable bonds is 0. The van der Waals surface area contributed by atoms with Crippen molar-refractivity contribution in [2.75, 3.05) is 0 Å². The molecule has 2 heterocycles.